The predicted octanol–water partition coefficient (Wildman–Crippen LogP) is 2.24. The van der Waals surface area contributed by atoms with E-state index in [1.165, 1.54) is 0 Å². The molecule has 1 aromatic carbocycles. The number of aryl methyl sites for hydroxylation is 1. The number of carbonyl (C=O) groups is 1. The van der Waals surface area contributed by atoms with Gasteiger partial charge in [0.15, 0.2) is 0 Å². The van der Waals surface area contributed by atoms with Gasteiger partial charge >= 0.3 is 5.97 Å². The van der Waals surface area contributed by atoms with E-state index in [2.05, 4.69) is 4.98 Å². The molecule has 14 heavy (non-hydrogen) atoms. The zero-order valence-corrected chi connectivity index (χ0v) is 7.69. The first-order valence-electron chi connectivity index (χ1n) is 4.27. The molecule has 0 aliphatic carbocycles. The van der Waals surface area contributed by atoms with Crippen LogP contribution < -0.4 is 0 Å². The largest absolute Gasteiger partial charge is 0.478 e. The highest BCUT2D eigenvalue weighted by molar-refractivity contribution is 5.93. The maximum absolute atomic E-state index is 10.7. The van der Waals surface area contributed by atoms with E-state index >= 15 is 0 Å². The number of pyridine rings is 1. The van der Waals surface area contributed by atoms with Crippen LogP contribution in [0.2, 0.25) is 0 Å². The van der Waals surface area contributed by atoms with Gasteiger partial charge in [-0.3, -0.25) is 4.98 Å². The van der Waals surface area contributed by atoms with Crippen LogP contribution in [-0.2, 0) is 0 Å². The fourth-order valence-electron chi connectivity index (χ4n) is 1.42. The Morgan fingerprint density at radius 3 is 2.86 bits per heavy atom. The third kappa shape index (κ3) is 1.33. The standard InChI is InChI=1S/C11H9NO2/c1-7-4-5-12-10-6-8(11(13)14)2-3-9(7)10/h2-6H,1H3,(H,13,14). The maximum atomic E-state index is 10.7. The number of aromatic nitrogens is 1. The van der Waals surface area contributed by atoms with Gasteiger partial charge in [-0.1, -0.05) is 6.07 Å². The molecule has 1 N–H and O–H groups in total. The van der Waals surface area contributed by atoms with Crippen molar-refractivity contribution >= 4 is 16.9 Å². The Kier molecular flexibility index (Phi) is 1.93. The summed E-state index contributed by atoms with van der Waals surface area (Å²) in [5.74, 6) is -0.921. The molecule has 1 aromatic heterocycles. The van der Waals surface area contributed by atoms with Crippen LogP contribution in [0.5, 0.6) is 0 Å². The normalized spacial score (nSPS) is 10.4. The summed E-state index contributed by atoms with van der Waals surface area (Å²) in [6, 6.07) is 6.88. The number of hydrogen-bond acceptors (Lipinski definition) is 2. The summed E-state index contributed by atoms with van der Waals surface area (Å²) in [6.07, 6.45) is 1.68. The smallest absolute Gasteiger partial charge is 0.335 e. The molecule has 2 aromatic rings. The Hall–Kier alpha value is -1.90. The minimum atomic E-state index is -0.921. The highest BCUT2D eigenvalue weighted by atomic mass is 16.4. The molecule has 0 spiro atoms. The molecule has 0 amide bonds. The van der Waals surface area contributed by atoms with Crippen molar-refractivity contribution in [1.82, 2.24) is 4.98 Å². The molecule has 0 unspecified atom stereocenters. The van der Waals surface area contributed by atoms with Gasteiger partial charge in [-0.15, -0.1) is 0 Å². The second-order valence-corrected chi connectivity index (χ2v) is 3.16. The zero-order chi connectivity index (χ0) is 10.1. The molecule has 0 bridgehead atoms. The first-order chi connectivity index (χ1) is 6.68. The molecule has 0 saturated carbocycles. The average Bonchev–Trinajstić information content (AvgIpc) is 2.17. The summed E-state index contributed by atoms with van der Waals surface area (Å²) in [6.45, 7) is 1.98. The number of aromatic carboxylic acids is 1. The number of carboxylic acid groups (broad SMARTS) is 1. The minimum absolute atomic E-state index is 0.274. The highest BCUT2D eigenvalue weighted by Gasteiger charge is 2.04. The molecular formula is C11H9NO2. The van der Waals surface area contributed by atoms with Crippen molar-refractivity contribution < 1.29 is 9.90 Å². The number of benzene rings is 1. The van der Waals surface area contributed by atoms with E-state index in [1.54, 1.807) is 24.4 Å². The first kappa shape index (κ1) is 8.69. The van der Waals surface area contributed by atoms with Gasteiger partial charge in [0, 0.05) is 11.6 Å². The van der Waals surface area contributed by atoms with Crippen LogP contribution in [0, 0.1) is 6.92 Å². The Balaban J connectivity index is 2.73. The van der Waals surface area contributed by atoms with Crippen LogP contribution >= 0.6 is 0 Å². The molecule has 0 aliphatic rings. The van der Waals surface area contributed by atoms with Gasteiger partial charge in [-0.25, -0.2) is 4.79 Å². The molecule has 0 aliphatic heterocycles. The van der Waals surface area contributed by atoms with Crippen LogP contribution in [0.15, 0.2) is 30.5 Å². The second-order valence-electron chi connectivity index (χ2n) is 3.16. The van der Waals surface area contributed by atoms with Crippen LogP contribution in [-0.4, -0.2) is 16.1 Å². The summed E-state index contributed by atoms with van der Waals surface area (Å²) in [5, 5.41) is 9.78. The van der Waals surface area contributed by atoms with E-state index in [9.17, 15) is 4.79 Å². The topological polar surface area (TPSA) is 50.2 Å². The molecule has 70 valence electrons. The Morgan fingerprint density at radius 2 is 2.14 bits per heavy atom. The van der Waals surface area contributed by atoms with Gasteiger partial charge in [0.2, 0.25) is 0 Å². The summed E-state index contributed by atoms with van der Waals surface area (Å²) < 4.78 is 0. The van der Waals surface area contributed by atoms with Crippen molar-refractivity contribution in [2.75, 3.05) is 0 Å². The van der Waals surface area contributed by atoms with Crippen LogP contribution in [0.1, 0.15) is 15.9 Å². The number of rotatable bonds is 1. The number of carboxylic acids is 1. The molecule has 1 heterocycles. The van der Waals surface area contributed by atoms with E-state index in [0.717, 1.165) is 16.5 Å². The van der Waals surface area contributed by atoms with E-state index < -0.39 is 5.97 Å². The van der Waals surface area contributed by atoms with Gasteiger partial charge < -0.3 is 5.11 Å². The van der Waals surface area contributed by atoms with Crippen LogP contribution in [0.25, 0.3) is 10.9 Å². The first-order valence-corrected chi connectivity index (χ1v) is 4.27. The molecule has 0 saturated heterocycles. The van der Waals surface area contributed by atoms with E-state index in [0.29, 0.717) is 0 Å². The lowest BCUT2D eigenvalue weighted by Gasteiger charge is -2.01. The van der Waals surface area contributed by atoms with E-state index in [-0.39, 0.29) is 5.56 Å². The molecule has 3 heteroatoms. The summed E-state index contributed by atoms with van der Waals surface area (Å²) in [4.78, 5) is 14.8. The van der Waals surface area contributed by atoms with E-state index in [1.807, 2.05) is 13.0 Å². The summed E-state index contributed by atoms with van der Waals surface area (Å²) in [7, 11) is 0. The maximum Gasteiger partial charge on any atom is 0.335 e. The second kappa shape index (κ2) is 3.10. The van der Waals surface area contributed by atoms with Crippen molar-refractivity contribution in [3.8, 4) is 0 Å². The predicted molar refractivity (Wildman–Crippen MR) is 53.4 cm³/mol. The summed E-state index contributed by atoms with van der Waals surface area (Å²) in [5.41, 5.74) is 2.10. The quantitative estimate of drug-likeness (QED) is 0.744. The van der Waals surface area contributed by atoms with Crippen molar-refractivity contribution in [3.63, 3.8) is 0 Å². The SMILES string of the molecule is Cc1ccnc2cc(C(=O)O)ccc12. The molecular weight excluding hydrogens is 178 g/mol. The summed E-state index contributed by atoms with van der Waals surface area (Å²) >= 11 is 0. The van der Waals surface area contributed by atoms with E-state index in [4.69, 9.17) is 5.11 Å². The molecule has 0 fully saturated rings. The highest BCUT2D eigenvalue weighted by Crippen LogP contribution is 2.17. The monoisotopic (exact) mass is 187 g/mol. The number of nitrogens with zero attached hydrogens (tertiary/aromatic N) is 1. The molecule has 0 radical (unpaired) electrons. The fourth-order valence-corrected chi connectivity index (χ4v) is 1.42. The zero-order valence-electron chi connectivity index (χ0n) is 7.69. The Labute approximate surface area is 81.0 Å². The fraction of sp³-hybridized carbons (Fsp3) is 0.0909. The van der Waals surface area contributed by atoms with Crippen molar-refractivity contribution in [1.29, 1.82) is 0 Å². The number of fused-ring (bicyclic) bond motifs is 1. The van der Waals surface area contributed by atoms with Crippen LogP contribution in [0.4, 0.5) is 0 Å². The van der Waals surface area contributed by atoms with Gasteiger partial charge in [0.05, 0.1) is 11.1 Å². The third-order valence-corrected chi connectivity index (χ3v) is 2.21. The van der Waals surface area contributed by atoms with Crippen molar-refractivity contribution in [2.24, 2.45) is 0 Å². The Bertz CT molecular complexity index is 506. The lowest BCUT2D eigenvalue weighted by Crippen LogP contribution is -1.96. The molecule has 2 rings (SSSR count). The molecule has 3 nitrogen and oxygen atoms in total. The lowest BCUT2D eigenvalue weighted by molar-refractivity contribution is 0.0697. The van der Waals surface area contributed by atoms with Crippen molar-refractivity contribution in [2.45, 2.75) is 6.92 Å². The van der Waals surface area contributed by atoms with Crippen molar-refractivity contribution in [3.05, 3.63) is 41.6 Å². The molecule has 0 atom stereocenters. The Morgan fingerprint density at radius 1 is 1.36 bits per heavy atom. The number of hydrogen-bond donors (Lipinski definition) is 1. The lowest BCUT2D eigenvalue weighted by atomic mass is 10.1. The third-order valence-electron chi connectivity index (χ3n) is 2.21. The van der Waals surface area contributed by atoms with Gasteiger partial charge in [0.25, 0.3) is 0 Å². The van der Waals surface area contributed by atoms with Gasteiger partial charge in [-0.05, 0) is 30.7 Å². The minimum Gasteiger partial charge on any atom is -0.478 e. The van der Waals surface area contributed by atoms with Gasteiger partial charge in [-0.2, -0.15) is 0 Å². The van der Waals surface area contributed by atoms with Gasteiger partial charge in [0.1, 0.15) is 0 Å². The average molecular weight is 187 g/mol. The van der Waals surface area contributed by atoms with Crippen LogP contribution in [0.3, 0.4) is 0 Å².